The molecule has 3 aliphatic rings. The first-order chi connectivity index (χ1) is 15.6. The molecular weight excluding hydrogens is 441 g/mol. The zero-order valence-electron chi connectivity index (χ0n) is 19.7. The molecular formula is C25H32NO6P. The molecule has 0 saturated carbocycles. The summed E-state index contributed by atoms with van der Waals surface area (Å²) in [5.41, 5.74) is 1.99. The quantitative estimate of drug-likeness (QED) is 0.660. The van der Waals surface area contributed by atoms with E-state index in [4.69, 9.17) is 23.5 Å². The van der Waals surface area contributed by atoms with Crippen LogP contribution in [0.1, 0.15) is 33.3 Å². The summed E-state index contributed by atoms with van der Waals surface area (Å²) in [5.74, 6) is -2.24. The molecule has 3 saturated heterocycles. The summed E-state index contributed by atoms with van der Waals surface area (Å²) >= 11 is 0. The van der Waals surface area contributed by atoms with Gasteiger partial charge in [0.2, 0.25) is 0 Å². The topological polar surface area (TPSA) is 75.2 Å². The molecule has 33 heavy (non-hydrogen) atoms. The average Bonchev–Trinajstić information content (AvgIpc) is 3.30. The summed E-state index contributed by atoms with van der Waals surface area (Å²) in [6.07, 6.45) is -2.03. The van der Waals surface area contributed by atoms with Crippen LogP contribution < -0.4 is 10.6 Å². The lowest BCUT2D eigenvalue weighted by Crippen LogP contribution is -2.57. The Bertz CT molecular complexity index is 1040. The Balaban J connectivity index is 1.57. The highest BCUT2D eigenvalue weighted by molar-refractivity contribution is 7.68. The lowest BCUT2D eigenvalue weighted by Gasteiger charge is -2.44. The molecule has 0 aliphatic carbocycles. The minimum Gasteiger partial charge on any atom is -0.371 e. The molecule has 0 aromatic heterocycles. The van der Waals surface area contributed by atoms with Crippen LogP contribution >= 0.6 is 7.37 Å². The molecule has 5 rings (SSSR count). The van der Waals surface area contributed by atoms with Crippen molar-refractivity contribution >= 4 is 18.4 Å². The largest absolute Gasteiger partial charge is 0.371 e. The molecule has 7 nitrogen and oxygen atoms in total. The summed E-state index contributed by atoms with van der Waals surface area (Å²) in [7, 11) is -3.48. The fourth-order valence-corrected chi connectivity index (χ4v) is 7.53. The SMILES string of the molecule is Cc1ccc(N[C@H]2C3OC(C)(C)OC3C([C@H]3COC(C)(C)O3)O[P@]2(=O)c2ccccc2)cc1. The number of nitrogens with one attached hydrogen (secondary N) is 1. The number of hydrogen-bond donors (Lipinski definition) is 1. The van der Waals surface area contributed by atoms with E-state index in [0.717, 1.165) is 11.3 Å². The monoisotopic (exact) mass is 473 g/mol. The predicted octanol–water partition coefficient (Wildman–Crippen LogP) is 4.41. The second-order valence-corrected chi connectivity index (χ2v) is 12.4. The molecule has 3 unspecified atom stereocenters. The average molecular weight is 474 g/mol. The van der Waals surface area contributed by atoms with Gasteiger partial charge in [-0.2, -0.15) is 0 Å². The zero-order valence-corrected chi connectivity index (χ0v) is 20.6. The van der Waals surface area contributed by atoms with Crippen LogP contribution in [0.5, 0.6) is 0 Å². The Hall–Kier alpha value is -1.73. The van der Waals surface area contributed by atoms with E-state index in [-0.39, 0.29) is 0 Å². The van der Waals surface area contributed by atoms with E-state index in [0.29, 0.717) is 11.9 Å². The molecule has 0 spiro atoms. The number of benzene rings is 2. The van der Waals surface area contributed by atoms with Crippen molar-refractivity contribution in [2.24, 2.45) is 0 Å². The highest BCUT2D eigenvalue weighted by Gasteiger charge is 2.62. The predicted molar refractivity (Wildman–Crippen MR) is 126 cm³/mol. The van der Waals surface area contributed by atoms with Gasteiger partial charge in [0.1, 0.15) is 30.2 Å². The summed E-state index contributed by atoms with van der Waals surface area (Å²) in [6.45, 7) is 9.83. The third kappa shape index (κ3) is 4.39. The summed E-state index contributed by atoms with van der Waals surface area (Å²) < 4.78 is 46.0. The van der Waals surface area contributed by atoms with E-state index < -0.39 is 49.1 Å². The maximum Gasteiger partial charge on any atom is 0.256 e. The highest BCUT2D eigenvalue weighted by Crippen LogP contribution is 2.61. The van der Waals surface area contributed by atoms with Gasteiger partial charge in [-0.05, 0) is 58.9 Å². The Labute approximate surface area is 195 Å². The van der Waals surface area contributed by atoms with Gasteiger partial charge >= 0.3 is 0 Å². The number of anilines is 1. The molecule has 2 aromatic rings. The van der Waals surface area contributed by atoms with Gasteiger partial charge in [0.05, 0.1) is 6.61 Å². The van der Waals surface area contributed by atoms with Gasteiger partial charge in [-0.25, -0.2) is 0 Å². The Kier molecular flexibility index (Phi) is 5.72. The van der Waals surface area contributed by atoms with Crippen LogP contribution in [0.4, 0.5) is 5.69 Å². The van der Waals surface area contributed by atoms with Crippen molar-refractivity contribution in [3.63, 3.8) is 0 Å². The highest BCUT2D eigenvalue weighted by atomic mass is 31.2. The van der Waals surface area contributed by atoms with Crippen molar-refractivity contribution in [3.05, 3.63) is 60.2 Å². The molecule has 2 aromatic carbocycles. The smallest absolute Gasteiger partial charge is 0.256 e. The summed E-state index contributed by atoms with van der Waals surface area (Å²) in [6, 6.07) is 17.3. The van der Waals surface area contributed by atoms with Crippen molar-refractivity contribution < 1.29 is 28.0 Å². The Morgan fingerprint density at radius 2 is 1.52 bits per heavy atom. The number of ether oxygens (including phenoxy) is 4. The second-order valence-electron chi connectivity index (χ2n) is 9.89. The van der Waals surface area contributed by atoms with Gasteiger partial charge < -0.3 is 28.8 Å². The van der Waals surface area contributed by atoms with Crippen molar-refractivity contribution in [1.82, 2.24) is 0 Å². The van der Waals surface area contributed by atoms with Crippen molar-refractivity contribution in [2.75, 3.05) is 11.9 Å². The zero-order chi connectivity index (χ0) is 23.4. The fraction of sp³-hybridized carbons (Fsp3) is 0.520. The van der Waals surface area contributed by atoms with Crippen molar-refractivity contribution in [1.29, 1.82) is 0 Å². The third-order valence-corrected chi connectivity index (χ3v) is 9.05. The number of fused-ring (bicyclic) bond motifs is 1. The fourth-order valence-electron chi connectivity index (χ4n) is 4.82. The van der Waals surface area contributed by atoms with Gasteiger partial charge in [0.15, 0.2) is 11.6 Å². The number of hydrogen-bond acceptors (Lipinski definition) is 7. The van der Waals surface area contributed by atoms with Crippen LogP contribution in [0.2, 0.25) is 0 Å². The third-order valence-electron chi connectivity index (χ3n) is 6.32. The van der Waals surface area contributed by atoms with Crippen LogP contribution in [0.15, 0.2) is 54.6 Å². The first kappa shape index (κ1) is 23.0. The molecule has 178 valence electrons. The number of aryl methyl sites for hydroxylation is 1. The molecule has 0 amide bonds. The molecule has 3 fully saturated rings. The van der Waals surface area contributed by atoms with Gasteiger partial charge in [0, 0.05) is 11.0 Å². The van der Waals surface area contributed by atoms with Crippen LogP contribution in [0.25, 0.3) is 0 Å². The minimum atomic E-state index is -3.48. The van der Waals surface area contributed by atoms with Gasteiger partial charge in [-0.1, -0.05) is 35.9 Å². The van der Waals surface area contributed by atoms with Crippen molar-refractivity contribution in [3.8, 4) is 0 Å². The summed E-state index contributed by atoms with van der Waals surface area (Å²) in [5, 5.41) is 4.10. The van der Waals surface area contributed by atoms with Crippen LogP contribution in [-0.2, 0) is 28.0 Å². The number of rotatable bonds is 4. The van der Waals surface area contributed by atoms with Gasteiger partial charge in [0.25, 0.3) is 7.37 Å². The van der Waals surface area contributed by atoms with Gasteiger partial charge in [-0.15, -0.1) is 0 Å². The Morgan fingerprint density at radius 1 is 0.848 bits per heavy atom. The second kappa shape index (κ2) is 8.19. The lowest BCUT2D eigenvalue weighted by atomic mass is 10.0. The lowest BCUT2D eigenvalue weighted by molar-refractivity contribution is -0.174. The van der Waals surface area contributed by atoms with Crippen LogP contribution in [0.3, 0.4) is 0 Å². The van der Waals surface area contributed by atoms with E-state index in [2.05, 4.69) is 5.32 Å². The van der Waals surface area contributed by atoms with E-state index >= 15 is 0 Å². The molecule has 3 heterocycles. The maximum absolute atomic E-state index is 14.8. The molecule has 1 N–H and O–H groups in total. The van der Waals surface area contributed by atoms with Crippen LogP contribution in [-0.4, -0.2) is 48.4 Å². The molecule has 8 heteroatoms. The van der Waals surface area contributed by atoms with Crippen LogP contribution in [0, 0.1) is 6.92 Å². The van der Waals surface area contributed by atoms with E-state index in [1.807, 2.05) is 89.2 Å². The minimum absolute atomic E-state index is 0.329. The first-order valence-corrected chi connectivity index (χ1v) is 13.1. The first-order valence-electron chi connectivity index (χ1n) is 11.4. The van der Waals surface area contributed by atoms with E-state index in [9.17, 15) is 4.57 Å². The van der Waals surface area contributed by atoms with Crippen molar-refractivity contribution in [2.45, 2.75) is 76.4 Å². The van der Waals surface area contributed by atoms with E-state index in [1.165, 1.54) is 0 Å². The van der Waals surface area contributed by atoms with E-state index in [1.54, 1.807) is 0 Å². The summed E-state index contributed by atoms with van der Waals surface area (Å²) in [4.78, 5) is 0. The Morgan fingerprint density at radius 3 is 2.15 bits per heavy atom. The maximum atomic E-state index is 14.8. The normalized spacial score (nSPS) is 36.9. The molecule has 0 bridgehead atoms. The molecule has 0 radical (unpaired) electrons. The molecule has 6 atom stereocenters. The standard InChI is InChI=1S/C25H32NO6P/c1-16-11-13-17(14-12-16)26-23-22-21(30-25(4,5)31-22)20(19-15-28-24(2,3)29-19)32-33(23,27)18-9-7-6-8-10-18/h6-14,19-23,26H,15H2,1-5H3/t19-,20?,21?,22?,23-,33-/m1/s1. The molecule has 3 aliphatic heterocycles. The van der Waals surface area contributed by atoms with Gasteiger partial charge in [-0.3, -0.25) is 4.57 Å².